The zero-order valence-corrected chi connectivity index (χ0v) is 34.2. The minimum atomic E-state index is -0.994. The summed E-state index contributed by atoms with van der Waals surface area (Å²) in [4.78, 5) is 47.5. The van der Waals surface area contributed by atoms with Crippen LogP contribution in [0.15, 0.2) is 121 Å². The Balaban J connectivity index is 0.00000514. The first-order valence-electron chi connectivity index (χ1n) is 20.6. The maximum atomic E-state index is 11.9. The van der Waals surface area contributed by atoms with Gasteiger partial charge in [0.1, 0.15) is 0 Å². The summed E-state index contributed by atoms with van der Waals surface area (Å²) in [6.45, 7) is 0. The van der Waals surface area contributed by atoms with Crippen molar-refractivity contribution in [3.8, 4) is 0 Å². The van der Waals surface area contributed by atoms with Gasteiger partial charge < -0.3 is 41.7 Å². The van der Waals surface area contributed by atoms with Gasteiger partial charge in [-0.2, -0.15) is 0 Å². The van der Waals surface area contributed by atoms with E-state index in [1.54, 1.807) is 48.5 Å². The van der Waals surface area contributed by atoms with E-state index >= 15 is 0 Å². The molecule has 13 heteroatoms. The molecular formula is C48H46MnN4O8+. The Hall–Kier alpha value is -5.40. The molecule has 12 unspecified atom stereocenters. The summed E-state index contributed by atoms with van der Waals surface area (Å²) in [5.74, 6) is -4.52. The smallest absolute Gasteiger partial charge is 0.656 e. The molecule has 12 atom stereocenters. The number of benzene rings is 4. The summed E-state index contributed by atoms with van der Waals surface area (Å²) in [7, 11) is 0. The predicted octanol–water partition coefficient (Wildman–Crippen LogP) is 7.53. The number of nitrogens with one attached hydrogen (secondary N) is 2. The molecular weight excluding hydrogens is 815 g/mol. The van der Waals surface area contributed by atoms with E-state index in [0.29, 0.717) is 0 Å². The van der Waals surface area contributed by atoms with Gasteiger partial charge in [-0.25, -0.2) is 19.2 Å². The number of carbonyl (C=O) groups is 4. The molecule has 4 aromatic carbocycles. The number of aromatic carboxylic acids is 4. The van der Waals surface area contributed by atoms with E-state index in [9.17, 15) is 39.6 Å². The molecule has 0 amide bonds. The van der Waals surface area contributed by atoms with Crippen molar-refractivity contribution < 1.29 is 56.7 Å². The van der Waals surface area contributed by atoms with Crippen LogP contribution in [0.5, 0.6) is 0 Å². The fourth-order valence-corrected chi connectivity index (χ4v) is 10.7. The Bertz CT molecular complexity index is 2010. The summed E-state index contributed by atoms with van der Waals surface area (Å²) >= 11 is 0. The van der Waals surface area contributed by atoms with Crippen molar-refractivity contribution in [1.82, 2.24) is 10.6 Å². The van der Waals surface area contributed by atoms with Crippen molar-refractivity contribution in [2.24, 2.45) is 0 Å². The van der Waals surface area contributed by atoms with Crippen molar-refractivity contribution >= 4 is 23.9 Å². The summed E-state index contributed by atoms with van der Waals surface area (Å²) in [6, 6.07) is 27.2. The van der Waals surface area contributed by atoms with Crippen LogP contribution in [0.25, 0.3) is 10.6 Å². The van der Waals surface area contributed by atoms with Gasteiger partial charge in [0.05, 0.1) is 22.3 Å². The van der Waals surface area contributed by atoms with E-state index in [2.05, 4.69) is 34.9 Å². The van der Waals surface area contributed by atoms with Crippen molar-refractivity contribution in [3.05, 3.63) is 177 Å². The third-order valence-electron chi connectivity index (χ3n) is 13.5. The Morgan fingerprint density at radius 3 is 0.754 bits per heavy atom. The molecule has 5 heterocycles. The molecule has 9 rings (SSSR count). The van der Waals surface area contributed by atoms with Gasteiger partial charge >= 0.3 is 40.9 Å². The van der Waals surface area contributed by atoms with Crippen LogP contribution in [0.2, 0.25) is 0 Å². The number of carboxylic acids is 4. The second-order valence-electron chi connectivity index (χ2n) is 16.7. The van der Waals surface area contributed by atoms with Crippen LogP contribution < -0.4 is 10.6 Å². The van der Waals surface area contributed by atoms with Crippen LogP contribution in [-0.2, 0) is 17.1 Å². The van der Waals surface area contributed by atoms with E-state index in [1.165, 1.54) is 0 Å². The molecule has 4 aromatic rings. The van der Waals surface area contributed by atoms with Gasteiger partial charge in [0.15, 0.2) is 0 Å². The average molecular weight is 862 g/mol. The fourth-order valence-electron chi connectivity index (χ4n) is 10.7. The standard InChI is InChI=1S/C48H46N4O8.Mn/c53-45(54)29-9-1-25(2-10-29)41-33-17-19-35(49-33)42(26-3-11-30(12-4-26)46(55)56)37-21-23-39(51-37)44(28-7-15-32(16-8-28)48(59)60)40-24-22-38(52-40)43(36-20-18-34(41)50-36)27-5-13-31(14-6-27)47(57)58;/h1-17,19,22,24,33-44,49,52H,18,20-21,23H2,(H,53,54)(H,55,56)(H,57,58)(H,59,60);/q-2;+3. The summed E-state index contributed by atoms with van der Waals surface area (Å²) in [6.07, 6.45) is 12.0. The Morgan fingerprint density at radius 2 is 0.574 bits per heavy atom. The van der Waals surface area contributed by atoms with E-state index in [0.717, 1.165) is 47.9 Å². The fraction of sp³-hybridized carbons (Fsp3) is 0.333. The molecule has 0 spiro atoms. The van der Waals surface area contributed by atoms with Gasteiger partial charge in [0, 0.05) is 24.2 Å². The van der Waals surface area contributed by atoms with Crippen LogP contribution in [0.3, 0.4) is 0 Å². The zero-order chi connectivity index (χ0) is 41.7. The molecule has 61 heavy (non-hydrogen) atoms. The number of fused-ring (bicyclic) bond motifs is 8. The van der Waals surface area contributed by atoms with Crippen LogP contribution in [0.4, 0.5) is 0 Å². The second-order valence-corrected chi connectivity index (χ2v) is 16.7. The Morgan fingerprint density at radius 1 is 0.377 bits per heavy atom. The maximum Gasteiger partial charge on any atom is 3.00 e. The monoisotopic (exact) mass is 861 g/mol. The number of hydrogen-bond donors (Lipinski definition) is 6. The van der Waals surface area contributed by atoms with Crippen molar-refractivity contribution in [3.63, 3.8) is 0 Å². The quantitative estimate of drug-likeness (QED) is 0.0760. The molecule has 0 aromatic heterocycles. The van der Waals surface area contributed by atoms with Crippen molar-refractivity contribution in [2.45, 2.75) is 97.7 Å². The summed E-state index contributed by atoms with van der Waals surface area (Å²) in [5.41, 5.74) is 4.73. The summed E-state index contributed by atoms with van der Waals surface area (Å²) < 4.78 is 0. The van der Waals surface area contributed by atoms with Crippen molar-refractivity contribution in [1.29, 1.82) is 0 Å². The van der Waals surface area contributed by atoms with Crippen LogP contribution in [-0.4, -0.2) is 92.6 Å². The predicted molar refractivity (Wildman–Crippen MR) is 225 cm³/mol. The molecule has 5 aliphatic heterocycles. The Kier molecular flexibility index (Phi) is 12.2. The Labute approximate surface area is 364 Å². The van der Waals surface area contributed by atoms with Gasteiger partial charge in [-0.15, -0.1) is 24.2 Å². The van der Waals surface area contributed by atoms with Crippen LogP contribution >= 0.6 is 0 Å². The minimum Gasteiger partial charge on any atom is -0.656 e. The maximum absolute atomic E-state index is 11.9. The van der Waals surface area contributed by atoms with E-state index < -0.39 is 23.9 Å². The largest absolute Gasteiger partial charge is 3.00 e. The molecule has 5 aliphatic rings. The van der Waals surface area contributed by atoms with Gasteiger partial charge in [-0.1, -0.05) is 98.5 Å². The molecule has 312 valence electrons. The SMILES string of the molecule is O=C(O)c1ccc(C2C3CCC([N-]3)C(c3ccc(C(=O)O)cc3)C3C=CC(N3)C(c3ccc(C(=O)O)cc3)C3CCC([N-]3)C(c3ccc(C(=O)O)cc3)C3C=CC2N3)cc1.[Mn+3]. The van der Waals surface area contributed by atoms with E-state index in [1.807, 2.05) is 48.5 Å². The molecule has 0 radical (unpaired) electrons. The number of carboxylic acid groups (broad SMARTS) is 4. The molecule has 6 N–H and O–H groups in total. The zero-order valence-electron chi connectivity index (χ0n) is 33.0. The van der Waals surface area contributed by atoms with Gasteiger partial charge in [0.2, 0.25) is 0 Å². The molecule has 12 nitrogen and oxygen atoms in total. The third-order valence-corrected chi connectivity index (χ3v) is 13.5. The van der Waals surface area contributed by atoms with E-state index in [4.69, 9.17) is 10.6 Å². The topological polar surface area (TPSA) is 201 Å². The van der Waals surface area contributed by atoms with Crippen LogP contribution in [0, 0.1) is 0 Å². The number of hydrogen-bond acceptors (Lipinski definition) is 6. The molecule has 3 fully saturated rings. The molecule has 3 saturated heterocycles. The van der Waals surface area contributed by atoms with Gasteiger partial charge in [-0.05, 0) is 94.5 Å². The van der Waals surface area contributed by atoms with Gasteiger partial charge in [0.25, 0.3) is 0 Å². The molecule has 0 aliphatic carbocycles. The normalized spacial score (nSPS) is 31.3. The average Bonchev–Trinajstić information content (AvgIpc) is 4.10. The van der Waals surface area contributed by atoms with E-state index in [-0.39, 0.29) is 111 Å². The number of nitrogens with zero attached hydrogens (tertiary/aromatic N) is 2. The molecule has 0 saturated carbocycles. The minimum absolute atomic E-state index is 0. The van der Waals surface area contributed by atoms with Crippen LogP contribution in [0.1, 0.15) is 113 Å². The first-order valence-corrected chi connectivity index (χ1v) is 20.6. The van der Waals surface area contributed by atoms with Gasteiger partial charge in [-0.3, -0.25) is 0 Å². The molecule has 8 bridgehead atoms. The number of rotatable bonds is 8. The first kappa shape index (κ1) is 42.3. The van der Waals surface area contributed by atoms with Crippen molar-refractivity contribution in [2.75, 3.05) is 0 Å². The third kappa shape index (κ3) is 8.34. The second kappa shape index (κ2) is 17.5. The summed E-state index contributed by atoms with van der Waals surface area (Å²) in [5, 5.41) is 58.1. The first-order chi connectivity index (χ1) is 29.0.